The van der Waals surface area contributed by atoms with Gasteiger partial charge in [-0.15, -0.1) is 0 Å². The lowest BCUT2D eigenvalue weighted by Gasteiger charge is -2.59. The first-order chi connectivity index (χ1) is 10.4. The zero-order valence-electron chi connectivity index (χ0n) is 13.7. The maximum atomic E-state index is 14.2. The summed E-state index contributed by atoms with van der Waals surface area (Å²) in [6, 6.07) is 0. The number of ketones is 2. The van der Waals surface area contributed by atoms with Crippen LogP contribution in [0.1, 0.15) is 65.2 Å². The Balaban J connectivity index is 1.66. The monoisotopic (exact) mass is 306 g/mol. The van der Waals surface area contributed by atoms with Crippen LogP contribution in [0.15, 0.2) is 0 Å². The highest BCUT2D eigenvalue weighted by Gasteiger charge is 2.61. The number of alkyl halides is 1. The van der Waals surface area contributed by atoms with Gasteiger partial charge in [0, 0.05) is 18.3 Å². The Hall–Kier alpha value is -0.730. The van der Waals surface area contributed by atoms with E-state index in [0.717, 1.165) is 38.5 Å². The molecule has 0 aromatic rings. The number of carbonyl (C=O) groups is 2. The molecule has 4 rings (SSSR count). The molecule has 122 valence electrons. The van der Waals surface area contributed by atoms with Crippen LogP contribution in [0, 0.1) is 34.5 Å². The SMILES string of the molecule is C[C@]12C[C@@H](F)C(=O)CC1CC[C@@H]1[C@@H]2CC[C@]2(C)C(=O)CC[C@@H]12. The van der Waals surface area contributed by atoms with Crippen molar-refractivity contribution < 1.29 is 14.0 Å². The van der Waals surface area contributed by atoms with Crippen molar-refractivity contribution in [2.45, 2.75) is 71.4 Å². The number of carbonyl (C=O) groups excluding carboxylic acids is 2. The van der Waals surface area contributed by atoms with Crippen LogP contribution in [0.25, 0.3) is 0 Å². The first-order valence-corrected chi connectivity index (χ1v) is 9.06. The van der Waals surface area contributed by atoms with Crippen LogP contribution in [0.5, 0.6) is 0 Å². The summed E-state index contributed by atoms with van der Waals surface area (Å²) in [5.74, 6) is 2.26. The molecule has 2 nitrogen and oxygen atoms in total. The molecule has 0 aromatic carbocycles. The van der Waals surface area contributed by atoms with Crippen LogP contribution in [-0.4, -0.2) is 17.7 Å². The number of fused-ring (bicyclic) bond motifs is 5. The Morgan fingerprint density at radius 1 is 1.05 bits per heavy atom. The molecular weight excluding hydrogens is 279 g/mol. The zero-order chi connectivity index (χ0) is 15.7. The lowest BCUT2D eigenvalue weighted by Crippen LogP contribution is -2.55. The molecule has 0 amide bonds. The molecule has 0 heterocycles. The molecule has 4 aliphatic carbocycles. The minimum absolute atomic E-state index is 0.0246. The lowest BCUT2D eigenvalue weighted by molar-refractivity contribution is -0.151. The summed E-state index contributed by atoms with van der Waals surface area (Å²) in [4.78, 5) is 24.2. The van der Waals surface area contributed by atoms with Gasteiger partial charge in [0.05, 0.1) is 0 Å². The van der Waals surface area contributed by atoms with E-state index < -0.39 is 6.17 Å². The van der Waals surface area contributed by atoms with Gasteiger partial charge in [-0.2, -0.15) is 0 Å². The van der Waals surface area contributed by atoms with Crippen LogP contribution >= 0.6 is 0 Å². The second-order valence-electron chi connectivity index (χ2n) is 8.92. The van der Waals surface area contributed by atoms with Gasteiger partial charge in [0.2, 0.25) is 0 Å². The van der Waals surface area contributed by atoms with Crippen molar-refractivity contribution in [3.63, 3.8) is 0 Å². The molecule has 0 bridgehead atoms. The highest BCUT2D eigenvalue weighted by atomic mass is 19.1. The van der Waals surface area contributed by atoms with E-state index in [1.165, 1.54) is 0 Å². The van der Waals surface area contributed by atoms with Crippen molar-refractivity contribution >= 4 is 11.6 Å². The van der Waals surface area contributed by atoms with Gasteiger partial charge in [0.1, 0.15) is 5.78 Å². The summed E-state index contributed by atoms with van der Waals surface area (Å²) < 4.78 is 14.2. The van der Waals surface area contributed by atoms with E-state index >= 15 is 0 Å². The molecular formula is C19H27FO2. The highest BCUT2D eigenvalue weighted by Crippen LogP contribution is 2.65. The van der Waals surface area contributed by atoms with Crippen molar-refractivity contribution in [1.82, 2.24) is 0 Å². The second-order valence-corrected chi connectivity index (χ2v) is 8.92. The van der Waals surface area contributed by atoms with Crippen LogP contribution in [0.4, 0.5) is 4.39 Å². The molecule has 0 spiro atoms. The van der Waals surface area contributed by atoms with Gasteiger partial charge in [-0.05, 0) is 67.6 Å². The van der Waals surface area contributed by atoms with E-state index in [-0.39, 0.29) is 16.6 Å². The second kappa shape index (κ2) is 4.64. The topological polar surface area (TPSA) is 34.1 Å². The lowest BCUT2D eigenvalue weighted by atomic mass is 9.45. The quantitative estimate of drug-likeness (QED) is 0.675. The fourth-order valence-corrected chi connectivity index (χ4v) is 6.83. The Morgan fingerprint density at radius 3 is 2.59 bits per heavy atom. The summed E-state index contributed by atoms with van der Waals surface area (Å²) in [5, 5.41) is 0. The highest BCUT2D eigenvalue weighted by molar-refractivity contribution is 5.87. The fourth-order valence-electron chi connectivity index (χ4n) is 6.83. The van der Waals surface area contributed by atoms with Crippen LogP contribution in [0.3, 0.4) is 0 Å². The molecule has 22 heavy (non-hydrogen) atoms. The molecule has 3 heteroatoms. The summed E-state index contributed by atoms with van der Waals surface area (Å²) >= 11 is 0. The standard InChI is InChI=1S/C19H27FO2/c1-18-8-7-14-12(13(18)5-6-17(18)22)4-3-11-9-16(21)15(20)10-19(11,14)2/h11-15H,3-10H2,1-2H3/t11?,12-,13-,14-,15+,18-,19-/m0/s1. The molecule has 4 saturated carbocycles. The Kier molecular flexibility index (Phi) is 3.13. The largest absolute Gasteiger partial charge is 0.299 e. The van der Waals surface area contributed by atoms with Crippen molar-refractivity contribution in [3.8, 4) is 0 Å². The summed E-state index contributed by atoms with van der Waals surface area (Å²) in [6.07, 6.45) is 5.63. The Labute approximate surface area is 132 Å². The number of hydrogen-bond acceptors (Lipinski definition) is 2. The number of rotatable bonds is 0. The van der Waals surface area contributed by atoms with Gasteiger partial charge in [0.15, 0.2) is 12.0 Å². The van der Waals surface area contributed by atoms with E-state index in [9.17, 15) is 14.0 Å². The summed E-state index contributed by atoms with van der Waals surface area (Å²) in [7, 11) is 0. The Morgan fingerprint density at radius 2 is 1.82 bits per heavy atom. The van der Waals surface area contributed by atoms with Gasteiger partial charge in [0.25, 0.3) is 0 Å². The molecule has 0 N–H and O–H groups in total. The molecule has 0 radical (unpaired) electrons. The number of hydrogen-bond donors (Lipinski definition) is 0. The van der Waals surface area contributed by atoms with Crippen LogP contribution < -0.4 is 0 Å². The van der Waals surface area contributed by atoms with Gasteiger partial charge < -0.3 is 0 Å². The third-order valence-electron chi connectivity index (χ3n) is 8.19. The smallest absolute Gasteiger partial charge is 0.167 e. The molecule has 0 aromatic heterocycles. The van der Waals surface area contributed by atoms with E-state index in [1.807, 2.05) is 0 Å². The van der Waals surface area contributed by atoms with Crippen LogP contribution in [-0.2, 0) is 9.59 Å². The third-order valence-corrected chi connectivity index (χ3v) is 8.19. The molecule has 7 atom stereocenters. The molecule has 1 unspecified atom stereocenters. The minimum atomic E-state index is -1.25. The summed E-state index contributed by atoms with van der Waals surface area (Å²) in [6.45, 7) is 4.42. The molecule has 4 fully saturated rings. The van der Waals surface area contributed by atoms with Crippen molar-refractivity contribution in [2.75, 3.05) is 0 Å². The van der Waals surface area contributed by atoms with Gasteiger partial charge in [-0.1, -0.05) is 13.8 Å². The minimum Gasteiger partial charge on any atom is -0.299 e. The average molecular weight is 306 g/mol. The molecule has 4 aliphatic rings. The summed E-state index contributed by atoms with van der Waals surface area (Å²) in [5.41, 5.74) is -0.132. The number of halogens is 1. The first kappa shape index (κ1) is 14.8. The normalized spacial score (nSPS) is 54.6. The van der Waals surface area contributed by atoms with E-state index in [0.29, 0.717) is 42.3 Å². The zero-order valence-corrected chi connectivity index (χ0v) is 13.7. The average Bonchev–Trinajstić information content (AvgIpc) is 2.77. The molecule has 0 aliphatic heterocycles. The van der Waals surface area contributed by atoms with Crippen molar-refractivity contribution in [2.24, 2.45) is 34.5 Å². The van der Waals surface area contributed by atoms with Crippen molar-refractivity contribution in [1.29, 1.82) is 0 Å². The predicted octanol–water partition coefficient (Wildman–Crippen LogP) is 4.12. The maximum Gasteiger partial charge on any atom is 0.167 e. The van der Waals surface area contributed by atoms with E-state index in [1.54, 1.807) is 0 Å². The van der Waals surface area contributed by atoms with Gasteiger partial charge in [-0.25, -0.2) is 4.39 Å². The predicted molar refractivity (Wildman–Crippen MR) is 82.0 cm³/mol. The first-order valence-electron chi connectivity index (χ1n) is 9.06. The number of Topliss-reactive ketones (excluding diaryl/α,β-unsaturated/α-hetero) is 2. The maximum absolute atomic E-state index is 14.2. The van der Waals surface area contributed by atoms with Crippen LogP contribution in [0.2, 0.25) is 0 Å². The van der Waals surface area contributed by atoms with Gasteiger partial charge >= 0.3 is 0 Å². The van der Waals surface area contributed by atoms with E-state index in [2.05, 4.69) is 13.8 Å². The van der Waals surface area contributed by atoms with Crippen molar-refractivity contribution in [3.05, 3.63) is 0 Å². The fraction of sp³-hybridized carbons (Fsp3) is 0.895. The third kappa shape index (κ3) is 1.77. The van der Waals surface area contributed by atoms with E-state index in [4.69, 9.17) is 0 Å². The van der Waals surface area contributed by atoms with Gasteiger partial charge in [-0.3, -0.25) is 9.59 Å². The molecule has 0 saturated heterocycles. The Bertz CT molecular complexity index is 530.